The van der Waals surface area contributed by atoms with Gasteiger partial charge in [0.05, 0.1) is 11.7 Å². The molecule has 0 aliphatic rings. The van der Waals surface area contributed by atoms with Crippen LogP contribution in [0.1, 0.15) is 24.1 Å². The zero-order valence-corrected chi connectivity index (χ0v) is 7.83. The second kappa shape index (κ2) is 2.85. The van der Waals surface area contributed by atoms with E-state index in [4.69, 9.17) is 5.73 Å². The molecule has 1 atom stereocenters. The zero-order valence-electron chi connectivity index (χ0n) is 7.83. The molecule has 0 aliphatic carbocycles. The Kier molecular flexibility index (Phi) is 1.81. The molecule has 3 heteroatoms. The third kappa shape index (κ3) is 1.31. The highest BCUT2D eigenvalue weighted by Crippen LogP contribution is 2.22. The van der Waals surface area contributed by atoms with Crippen molar-refractivity contribution in [3.05, 3.63) is 29.5 Å². The van der Waals surface area contributed by atoms with E-state index < -0.39 is 0 Å². The number of nitrogens with two attached hydrogens (primary N) is 1. The van der Waals surface area contributed by atoms with E-state index in [1.165, 1.54) is 5.56 Å². The van der Waals surface area contributed by atoms with E-state index in [9.17, 15) is 0 Å². The summed E-state index contributed by atoms with van der Waals surface area (Å²) in [5.74, 6) is 0. The number of hydrogen-bond donors (Lipinski definition) is 2. The van der Waals surface area contributed by atoms with Crippen LogP contribution in [0.25, 0.3) is 10.9 Å². The van der Waals surface area contributed by atoms with E-state index in [2.05, 4.69) is 29.3 Å². The van der Waals surface area contributed by atoms with Gasteiger partial charge >= 0.3 is 0 Å². The second-order valence-corrected chi connectivity index (χ2v) is 3.47. The molecule has 1 unspecified atom stereocenters. The number of hydrogen-bond acceptors (Lipinski definition) is 2. The first kappa shape index (κ1) is 8.26. The molecule has 0 radical (unpaired) electrons. The van der Waals surface area contributed by atoms with Gasteiger partial charge in [0.1, 0.15) is 0 Å². The third-order valence-corrected chi connectivity index (χ3v) is 2.23. The van der Waals surface area contributed by atoms with Gasteiger partial charge in [-0.2, -0.15) is 5.10 Å². The predicted octanol–water partition coefficient (Wildman–Crippen LogP) is 1.89. The molecule has 3 N–H and O–H groups in total. The molecule has 0 spiro atoms. The summed E-state index contributed by atoms with van der Waals surface area (Å²) in [5.41, 5.74) is 9.30. The largest absolute Gasteiger partial charge is 0.324 e. The number of fused-ring (bicyclic) bond motifs is 1. The van der Waals surface area contributed by atoms with Gasteiger partial charge in [-0.3, -0.25) is 5.10 Å². The van der Waals surface area contributed by atoms with Crippen LogP contribution >= 0.6 is 0 Å². The lowest BCUT2D eigenvalue weighted by molar-refractivity contribution is 0.825. The smallest absolute Gasteiger partial charge is 0.0656 e. The minimum atomic E-state index is 0.0556. The normalized spacial score (nSPS) is 13.5. The Balaban J connectivity index is 2.77. The Morgan fingerprint density at radius 2 is 2.23 bits per heavy atom. The van der Waals surface area contributed by atoms with Crippen molar-refractivity contribution in [1.29, 1.82) is 0 Å². The minimum absolute atomic E-state index is 0.0556. The van der Waals surface area contributed by atoms with E-state index in [0.29, 0.717) is 0 Å². The van der Waals surface area contributed by atoms with Crippen molar-refractivity contribution >= 4 is 10.9 Å². The van der Waals surface area contributed by atoms with Gasteiger partial charge in [-0.15, -0.1) is 0 Å². The molecule has 1 aromatic heterocycles. The van der Waals surface area contributed by atoms with Crippen LogP contribution in [0.4, 0.5) is 0 Å². The molecule has 0 bridgehead atoms. The average Bonchev–Trinajstić information content (AvgIpc) is 2.49. The summed E-state index contributed by atoms with van der Waals surface area (Å²) < 4.78 is 0. The molecule has 0 saturated heterocycles. The fraction of sp³-hybridized carbons (Fsp3) is 0.300. The first-order chi connectivity index (χ1) is 6.18. The Morgan fingerprint density at radius 3 is 2.92 bits per heavy atom. The summed E-state index contributed by atoms with van der Waals surface area (Å²) >= 11 is 0. The van der Waals surface area contributed by atoms with Crippen molar-refractivity contribution in [1.82, 2.24) is 10.2 Å². The molecule has 0 fully saturated rings. The monoisotopic (exact) mass is 175 g/mol. The Bertz CT molecular complexity index is 429. The van der Waals surface area contributed by atoms with E-state index in [1.807, 2.05) is 13.1 Å². The van der Waals surface area contributed by atoms with Crippen LogP contribution in [-0.2, 0) is 0 Å². The number of rotatable bonds is 1. The van der Waals surface area contributed by atoms with Crippen molar-refractivity contribution in [2.45, 2.75) is 19.9 Å². The maximum absolute atomic E-state index is 5.87. The van der Waals surface area contributed by atoms with Crippen LogP contribution in [0.2, 0.25) is 0 Å². The molecule has 13 heavy (non-hydrogen) atoms. The molecule has 68 valence electrons. The molecule has 0 aliphatic heterocycles. The highest BCUT2D eigenvalue weighted by Gasteiger charge is 2.07. The Morgan fingerprint density at radius 1 is 1.46 bits per heavy atom. The summed E-state index contributed by atoms with van der Waals surface area (Å²) in [6, 6.07) is 4.25. The summed E-state index contributed by atoms with van der Waals surface area (Å²) in [6.45, 7) is 4.05. The Hall–Kier alpha value is -1.35. The predicted molar refractivity (Wildman–Crippen MR) is 53.4 cm³/mol. The lowest BCUT2D eigenvalue weighted by Crippen LogP contribution is -2.05. The van der Waals surface area contributed by atoms with Crippen molar-refractivity contribution < 1.29 is 0 Å². The summed E-state index contributed by atoms with van der Waals surface area (Å²) in [6.07, 6.45) is 1.83. The molecule has 2 rings (SSSR count). The molecule has 0 amide bonds. The van der Waals surface area contributed by atoms with E-state index >= 15 is 0 Å². The summed E-state index contributed by atoms with van der Waals surface area (Å²) in [4.78, 5) is 0. The fourth-order valence-corrected chi connectivity index (χ4v) is 1.61. The van der Waals surface area contributed by atoms with Gasteiger partial charge in [0, 0.05) is 11.4 Å². The van der Waals surface area contributed by atoms with Crippen LogP contribution < -0.4 is 5.73 Å². The standard InChI is InChI=1S/C10H13N3/c1-6-3-8(7(2)11)9-5-12-13-10(9)4-6/h3-5,7H,11H2,1-2H3,(H,12,13). The van der Waals surface area contributed by atoms with Crippen molar-refractivity contribution in [3.8, 4) is 0 Å². The third-order valence-electron chi connectivity index (χ3n) is 2.23. The van der Waals surface area contributed by atoms with Gasteiger partial charge in [0.15, 0.2) is 0 Å². The number of benzene rings is 1. The number of H-pyrrole nitrogens is 1. The van der Waals surface area contributed by atoms with Crippen molar-refractivity contribution in [2.75, 3.05) is 0 Å². The van der Waals surface area contributed by atoms with Gasteiger partial charge < -0.3 is 5.73 Å². The van der Waals surface area contributed by atoms with E-state index in [1.54, 1.807) is 0 Å². The quantitative estimate of drug-likeness (QED) is 0.695. The van der Waals surface area contributed by atoms with Gasteiger partial charge in [0.2, 0.25) is 0 Å². The lowest BCUT2D eigenvalue weighted by Gasteiger charge is -2.07. The first-order valence-electron chi connectivity index (χ1n) is 4.37. The van der Waals surface area contributed by atoms with Crippen molar-refractivity contribution in [2.24, 2.45) is 5.73 Å². The van der Waals surface area contributed by atoms with Crippen LogP contribution in [0.15, 0.2) is 18.3 Å². The van der Waals surface area contributed by atoms with Gasteiger partial charge in [0.25, 0.3) is 0 Å². The number of nitrogens with zero attached hydrogens (tertiary/aromatic N) is 1. The highest BCUT2D eigenvalue weighted by atomic mass is 15.1. The lowest BCUT2D eigenvalue weighted by atomic mass is 10.0. The van der Waals surface area contributed by atoms with Crippen LogP contribution in [0, 0.1) is 6.92 Å². The van der Waals surface area contributed by atoms with Crippen molar-refractivity contribution in [3.63, 3.8) is 0 Å². The maximum Gasteiger partial charge on any atom is 0.0656 e. The van der Waals surface area contributed by atoms with Gasteiger partial charge in [-0.1, -0.05) is 6.07 Å². The number of nitrogens with one attached hydrogen (secondary N) is 1. The average molecular weight is 175 g/mol. The minimum Gasteiger partial charge on any atom is -0.324 e. The zero-order chi connectivity index (χ0) is 9.42. The SMILES string of the molecule is Cc1cc(C(C)N)c2cn[nH]c2c1. The highest BCUT2D eigenvalue weighted by molar-refractivity contribution is 5.82. The molecule has 2 aromatic rings. The Labute approximate surface area is 76.9 Å². The maximum atomic E-state index is 5.87. The summed E-state index contributed by atoms with van der Waals surface area (Å²) in [7, 11) is 0. The van der Waals surface area contributed by atoms with Crippen LogP contribution in [0.5, 0.6) is 0 Å². The number of aromatic nitrogens is 2. The molecular weight excluding hydrogens is 162 g/mol. The molecule has 1 aromatic carbocycles. The molecule has 0 saturated carbocycles. The van der Waals surface area contributed by atoms with Crippen LogP contribution in [-0.4, -0.2) is 10.2 Å². The van der Waals surface area contributed by atoms with Gasteiger partial charge in [-0.25, -0.2) is 0 Å². The summed E-state index contributed by atoms with van der Waals surface area (Å²) in [5, 5.41) is 8.08. The van der Waals surface area contributed by atoms with Gasteiger partial charge in [-0.05, 0) is 31.0 Å². The van der Waals surface area contributed by atoms with Crippen LogP contribution in [0.3, 0.4) is 0 Å². The number of aryl methyl sites for hydroxylation is 1. The fourth-order valence-electron chi connectivity index (χ4n) is 1.61. The molecular formula is C10H13N3. The second-order valence-electron chi connectivity index (χ2n) is 3.47. The topological polar surface area (TPSA) is 54.7 Å². The molecule has 1 heterocycles. The van der Waals surface area contributed by atoms with E-state index in [-0.39, 0.29) is 6.04 Å². The van der Waals surface area contributed by atoms with E-state index in [0.717, 1.165) is 16.5 Å². The first-order valence-corrected chi connectivity index (χ1v) is 4.37. The number of aromatic amines is 1. The molecule has 3 nitrogen and oxygen atoms in total.